The minimum absolute atomic E-state index is 0.139. The molecule has 5 nitrogen and oxygen atoms in total. The van der Waals surface area contributed by atoms with Gasteiger partial charge in [0.1, 0.15) is 0 Å². The first-order chi connectivity index (χ1) is 11.3. The maximum absolute atomic E-state index is 12.0. The zero-order chi connectivity index (χ0) is 16.1. The third kappa shape index (κ3) is 3.79. The molecule has 5 heteroatoms. The fourth-order valence-corrected chi connectivity index (χ4v) is 3.26. The summed E-state index contributed by atoms with van der Waals surface area (Å²) >= 11 is 0. The van der Waals surface area contributed by atoms with Crippen molar-refractivity contribution in [1.29, 1.82) is 0 Å². The molecule has 1 atom stereocenters. The standard InChI is InChI=1S/C18H24N4O/c1-2-22-16(8-10-20-22)9-12-21-13-11-19-18(23)14-17(21)15-6-4-3-5-7-15/h3-8,10,17H,2,9,11-14H2,1H3,(H,19,23). The third-order valence-electron chi connectivity index (χ3n) is 4.48. The van der Waals surface area contributed by atoms with E-state index in [1.807, 2.05) is 29.1 Å². The number of hydrogen-bond donors (Lipinski definition) is 1. The molecule has 0 spiro atoms. The largest absolute Gasteiger partial charge is 0.355 e. The van der Waals surface area contributed by atoms with Gasteiger partial charge in [-0.15, -0.1) is 0 Å². The maximum atomic E-state index is 12.0. The topological polar surface area (TPSA) is 50.2 Å². The van der Waals surface area contributed by atoms with Gasteiger partial charge in [0.2, 0.25) is 5.91 Å². The molecule has 0 radical (unpaired) electrons. The molecular formula is C18H24N4O. The van der Waals surface area contributed by atoms with Crippen LogP contribution in [0.15, 0.2) is 42.6 Å². The predicted molar refractivity (Wildman–Crippen MR) is 90.0 cm³/mol. The van der Waals surface area contributed by atoms with Crippen molar-refractivity contribution in [3.63, 3.8) is 0 Å². The molecule has 122 valence electrons. The molecule has 2 heterocycles. The third-order valence-corrected chi connectivity index (χ3v) is 4.48. The van der Waals surface area contributed by atoms with E-state index in [0.29, 0.717) is 6.42 Å². The Morgan fingerprint density at radius 2 is 2.09 bits per heavy atom. The normalized spacial score (nSPS) is 19.3. The van der Waals surface area contributed by atoms with E-state index in [9.17, 15) is 4.79 Å². The van der Waals surface area contributed by atoms with Crippen LogP contribution in [0.1, 0.15) is 30.6 Å². The van der Waals surface area contributed by atoms with Crippen molar-refractivity contribution in [3.8, 4) is 0 Å². The summed E-state index contributed by atoms with van der Waals surface area (Å²) in [5, 5.41) is 7.33. The van der Waals surface area contributed by atoms with Gasteiger partial charge in [-0.05, 0) is 18.6 Å². The maximum Gasteiger partial charge on any atom is 0.221 e. The first-order valence-corrected chi connectivity index (χ1v) is 8.34. The highest BCUT2D eigenvalue weighted by Gasteiger charge is 2.26. The van der Waals surface area contributed by atoms with Crippen molar-refractivity contribution in [2.45, 2.75) is 32.4 Å². The molecule has 1 saturated heterocycles. The lowest BCUT2D eigenvalue weighted by Gasteiger charge is -2.29. The molecule has 3 rings (SSSR count). The summed E-state index contributed by atoms with van der Waals surface area (Å²) in [5.41, 5.74) is 2.47. The molecule has 0 saturated carbocycles. The Bertz CT molecular complexity index is 637. The van der Waals surface area contributed by atoms with E-state index in [-0.39, 0.29) is 11.9 Å². The first kappa shape index (κ1) is 15.7. The Morgan fingerprint density at radius 3 is 2.87 bits per heavy atom. The van der Waals surface area contributed by atoms with Crippen molar-refractivity contribution < 1.29 is 4.79 Å². The van der Waals surface area contributed by atoms with Crippen LogP contribution in [-0.4, -0.2) is 40.2 Å². The van der Waals surface area contributed by atoms with Crippen LogP contribution in [0.2, 0.25) is 0 Å². The average molecular weight is 312 g/mol. The van der Waals surface area contributed by atoms with Gasteiger partial charge in [-0.3, -0.25) is 14.4 Å². The van der Waals surface area contributed by atoms with E-state index in [2.05, 4.69) is 40.4 Å². The Morgan fingerprint density at radius 1 is 1.26 bits per heavy atom. The quantitative estimate of drug-likeness (QED) is 0.919. The monoisotopic (exact) mass is 312 g/mol. The lowest BCUT2D eigenvalue weighted by molar-refractivity contribution is -0.121. The molecule has 1 aromatic carbocycles. The molecule has 0 aliphatic carbocycles. The summed E-state index contributed by atoms with van der Waals surface area (Å²) in [5.74, 6) is 0.139. The summed E-state index contributed by atoms with van der Waals surface area (Å²) in [4.78, 5) is 14.4. The van der Waals surface area contributed by atoms with Gasteiger partial charge in [-0.1, -0.05) is 30.3 Å². The summed E-state index contributed by atoms with van der Waals surface area (Å²) in [6, 6.07) is 12.6. The lowest BCUT2D eigenvalue weighted by Crippen LogP contribution is -2.33. The van der Waals surface area contributed by atoms with Gasteiger partial charge in [0, 0.05) is 57.0 Å². The van der Waals surface area contributed by atoms with Gasteiger partial charge >= 0.3 is 0 Å². The van der Waals surface area contributed by atoms with Crippen molar-refractivity contribution in [2.24, 2.45) is 0 Å². The number of nitrogens with one attached hydrogen (secondary N) is 1. The van der Waals surface area contributed by atoms with Crippen LogP contribution in [-0.2, 0) is 17.8 Å². The number of carbonyl (C=O) groups is 1. The molecule has 1 aliphatic rings. The number of benzene rings is 1. The van der Waals surface area contributed by atoms with Crippen molar-refractivity contribution in [3.05, 3.63) is 53.9 Å². The number of amides is 1. The van der Waals surface area contributed by atoms with Gasteiger partial charge in [0.05, 0.1) is 0 Å². The number of nitrogens with zero attached hydrogens (tertiary/aromatic N) is 3. The van der Waals surface area contributed by atoms with Gasteiger partial charge in [0.15, 0.2) is 0 Å². The van der Waals surface area contributed by atoms with Crippen LogP contribution in [0.3, 0.4) is 0 Å². The molecule has 0 bridgehead atoms. The predicted octanol–water partition coefficient (Wildman–Crippen LogP) is 2.01. The zero-order valence-corrected chi connectivity index (χ0v) is 13.6. The van der Waals surface area contributed by atoms with Crippen molar-refractivity contribution in [2.75, 3.05) is 19.6 Å². The van der Waals surface area contributed by atoms with E-state index < -0.39 is 0 Å². The molecular weight excluding hydrogens is 288 g/mol. The second-order valence-electron chi connectivity index (χ2n) is 5.90. The highest BCUT2D eigenvalue weighted by molar-refractivity contribution is 5.77. The fourth-order valence-electron chi connectivity index (χ4n) is 3.26. The highest BCUT2D eigenvalue weighted by Crippen LogP contribution is 2.25. The summed E-state index contributed by atoms with van der Waals surface area (Å²) in [6.07, 6.45) is 3.34. The molecule has 1 fully saturated rings. The number of aryl methyl sites for hydroxylation is 1. The van der Waals surface area contributed by atoms with Crippen LogP contribution in [0, 0.1) is 0 Å². The van der Waals surface area contributed by atoms with Crippen LogP contribution < -0.4 is 5.32 Å². The average Bonchev–Trinajstić information content (AvgIpc) is 2.96. The van der Waals surface area contributed by atoms with E-state index in [4.69, 9.17) is 0 Å². The van der Waals surface area contributed by atoms with E-state index in [1.54, 1.807) is 0 Å². The van der Waals surface area contributed by atoms with Crippen LogP contribution in [0.25, 0.3) is 0 Å². The number of hydrogen-bond acceptors (Lipinski definition) is 3. The number of aromatic nitrogens is 2. The molecule has 2 aromatic rings. The van der Waals surface area contributed by atoms with Crippen molar-refractivity contribution in [1.82, 2.24) is 20.0 Å². The summed E-state index contributed by atoms with van der Waals surface area (Å²) in [6.45, 7) is 5.53. The van der Waals surface area contributed by atoms with E-state index in [1.165, 1.54) is 11.3 Å². The van der Waals surface area contributed by atoms with E-state index >= 15 is 0 Å². The van der Waals surface area contributed by atoms with Crippen LogP contribution >= 0.6 is 0 Å². The Kier molecular flexibility index (Phi) is 5.08. The van der Waals surface area contributed by atoms with E-state index in [0.717, 1.165) is 32.6 Å². The lowest BCUT2D eigenvalue weighted by atomic mass is 10.0. The smallest absolute Gasteiger partial charge is 0.221 e. The number of carbonyl (C=O) groups excluding carboxylic acids is 1. The van der Waals surface area contributed by atoms with Crippen LogP contribution in [0.5, 0.6) is 0 Å². The molecule has 1 aliphatic heterocycles. The number of rotatable bonds is 5. The molecule has 1 N–H and O–H groups in total. The Labute approximate surface area is 137 Å². The van der Waals surface area contributed by atoms with Gasteiger partial charge in [-0.25, -0.2) is 0 Å². The van der Waals surface area contributed by atoms with Gasteiger partial charge < -0.3 is 5.32 Å². The van der Waals surface area contributed by atoms with Gasteiger partial charge in [-0.2, -0.15) is 5.10 Å². The zero-order valence-electron chi connectivity index (χ0n) is 13.6. The molecule has 1 unspecified atom stereocenters. The Hall–Kier alpha value is -2.14. The summed E-state index contributed by atoms with van der Waals surface area (Å²) in [7, 11) is 0. The fraction of sp³-hybridized carbons (Fsp3) is 0.444. The minimum atomic E-state index is 0.139. The first-order valence-electron chi connectivity index (χ1n) is 8.34. The van der Waals surface area contributed by atoms with Crippen LogP contribution in [0.4, 0.5) is 0 Å². The summed E-state index contributed by atoms with van der Waals surface area (Å²) < 4.78 is 2.04. The second kappa shape index (κ2) is 7.42. The Balaban J connectivity index is 1.75. The molecule has 1 amide bonds. The molecule has 1 aromatic heterocycles. The minimum Gasteiger partial charge on any atom is -0.355 e. The van der Waals surface area contributed by atoms with Crippen molar-refractivity contribution >= 4 is 5.91 Å². The second-order valence-corrected chi connectivity index (χ2v) is 5.90. The molecule has 23 heavy (non-hydrogen) atoms. The SMILES string of the molecule is CCn1nccc1CCN1CCNC(=O)CC1c1ccccc1. The highest BCUT2D eigenvalue weighted by atomic mass is 16.1. The van der Waals surface area contributed by atoms with Gasteiger partial charge in [0.25, 0.3) is 0 Å².